The minimum atomic E-state index is -0.00514. The van der Waals surface area contributed by atoms with E-state index in [9.17, 15) is 4.79 Å². The van der Waals surface area contributed by atoms with Crippen LogP contribution in [0.5, 0.6) is 0 Å². The maximum Gasteiger partial charge on any atom is 0.252 e. The molecule has 3 heterocycles. The molecule has 0 spiro atoms. The lowest BCUT2D eigenvalue weighted by atomic mass is 9.96. The van der Waals surface area contributed by atoms with Crippen molar-refractivity contribution < 1.29 is 4.79 Å². The number of carbonyl (C=O) groups is 1. The summed E-state index contributed by atoms with van der Waals surface area (Å²) >= 11 is 1.78. The molecule has 0 atom stereocenters. The first kappa shape index (κ1) is 24.2. The van der Waals surface area contributed by atoms with Crippen LogP contribution in [0.4, 0.5) is 0 Å². The van der Waals surface area contributed by atoms with E-state index < -0.39 is 0 Å². The SMILES string of the molecule is Cc1ccc(CN2CCC(CNC(=O)c3ccc(SCCN4CCCCC4)nc3)CC2)cc1. The first-order chi connectivity index (χ1) is 16.2. The molecule has 1 aromatic heterocycles. The van der Waals surface area contributed by atoms with E-state index in [2.05, 4.69) is 51.3 Å². The van der Waals surface area contributed by atoms with Gasteiger partial charge in [-0.3, -0.25) is 9.69 Å². The predicted octanol–water partition coefficient (Wildman–Crippen LogP) is 4.61. The zero-order chi connectivity index (χ0) is 22.9. The van der Waals surface area contributed by atoms with Gasteiger partial charge in [0.05, 0.1) is 10.6 Å². The fourth-order valence-electron chi connectivity index (χ4n) is 4.70. The van der Waals surface area contributed by atoms with Crippen LogP contribution in [0.25, 0.3) is 0 Å². The summed E-state index contributed by atoms with van der Waals surface area (Å²) in [6, 6.07) is 12.7. The van der Waals surface area contributed by atoms with Gasteiger partial charge in [0, 0.05) is 31.6 Å². The van der Waals surface area contributed by atoms with Gasteiger partial charge in [0.15, 0.2) is 0 Å². The number of hydrogen-bond acceptors (Lipinski definition) is 5. The Morgan fingerprint density at radius 2 is 1.76 bits per heavy atom. The molecule has 2 fully saturated rings. The number of aryl methyl sites for hydroxylation is 1. The van der Waals surface area contributed by atoms with Crippen molar-refractivity contribution in [3.8, 4) is 0 Å². The van der Waals surface area contributed by atoms with Crippen molar-refractivity contribution >= 4 is 17.7 Å². The zero-order valence-electron chi connectivity index (χ0n) is 20.0. The van der Waals surface area contributed by atoms with E-state index in [1.165, 1.54) is 43.5 Å². The van der Waals surface area contributed by atoms with Crippen molar-refractivity contribution in [2.75, 3.05) is 45.0 Å². The lowest BCUT2D eigenvalue weighted by Gasteiger charge is -2.32. The molecule has 5 nitrogen and oxygen atoms in total. The van der Waals surface area contributed by atoms with Crippen molar-refractivity contribution in [2.45, 2.75) is 50.6 Å². The zero-order valence-corrected chi connectivity index (χ0v) is 20.8. The molecule has 33 heavy (non-hydrogen) atoms. The number of likely N-dealkylation sites (tertiary alicyclic amines) is 2. The van der Waals surface area contributed by atoms with E-state index >= 15 is 0 Å². The van der Waals surface area contributed by atoms with Crippen LogP contribution in [0, 0.1) is 12.8 Å². The van der Waals surface area contributed by atoms with Gasteiger partial charge in [0.2, 0.25) is 0 Å². The molecular formula is C27H38N4OS. The Kier molecular flexibility index (Phi) is 9.21. The van der Waals surface area contributed by atoms with E-state index in [-0.39, 0.29) is 5.91 Å². The quantitative estimate of drug-likeness (QED) is 0.547. The molecule has 178 valence electrons. The summed E-state index contributed by atoms with van der Waals surface area (Å²) in [6.45, 7) is 9.69. The molecule has 0 radical (unpaired) electrons. The van der Waals surface area contributed by atoms with Crippen molar-refractivity contribution in [1.29, 1.82) is 0 Å². The summed E-state index contributed by atoms with van der Waals surface area (Å²) in [5, 5.41) is 4.14. The van der Waals surface area contributed by atoms with Gasteiger partial charge < -0.3 is 10.2 Å². The third-order valence-corrected chi connectivity index (χ3v) is 7.81. The number of hydrogen-bond donors (Lipinski definition) is 1. The summed E-state index contributed by atoms with van der Waals surface area (Å²) in [7, 11) is 0. The number of piperidine rings is 2. The van der Waals surface area contributed by atoms with Crippen LogP contribution < -0.4 is 5.32 Å². The molecule has 2 aromatic rings. The second-order valence-electron chi connectivity index (χ2n) is 9.55. The monoisotopic (exact) mass is 466 g/mol. The largest absolute Gasteiger partial charge is 0.352 e. The standard InChI is InChI=1S/C27H38N4OS/c1-22-5-7-24(8-6-22)21-31-15-11-23(12-16-31)19-29-27(32)25-9-10-26(28-20-25)33-18-17-30-13-3-2-4-14-30/h5-10,20,23H,2-4,11-19,21H2,1H3,(H,29,32). The summed E-state index contributed by atoms with van der Waals surface area (Å²) in [4.78, 5) is 22.2. The predicted molar refractivity (Wildman–Crippen MR) is 137 cm³/mol. The van der Waals surface area contributed by atoms with E-state index in [0.717, 1.165) is 56.3 Å². The molecular weight excluding hydrogens is 428 g/mol. The smallest absolute Gasteiger partial charge is 0.252 e. The highest BCUT2D eigenvalue weighted by molar-refractivity contribution is 7.99. The van der Waals surface area contributed by atoms with Crippen LogP contribution >= 0.6 is 11.8 Å². The third kappa shape index (κ3) is 7.83. The lowest BCUT2D eigenvalue weighted by Crippen LogP contribution is -2.38. The molecule has 0 unspecified atom stereocenters. The number of amides is 1. The van der Waals surface area contributed by atoms with Crippen molar-refractivity contribution in [1.82, 2.24) is 20.1 Å². The highest BCUT2D eigenvalue weighted by Crippen LogP contribution is 2.20. The summed E-state index contributed by atoms with van der Waals surface area (Å²) in [5.41, 5.74) is 3.35. The van der Waals surface area contributed by atoms with E-state index in [1.807, 2.05) is 12.1 Å². The molecule has 2 aliphatic heterocycles. The van der Waals surface area contributed by atoms with Gasteiger partial charge in [0.1, 0.15) is 0 Å². The first-order valence-electron chi connectivity index (χ1n) is 12.5. The number of nitrogens with one attached hydrogen (secondary N) is 1. The summed E-state index contributed by atoms with van der Waals surface area (Å²) in [6.07, 6.45) is 8.04. The minimum absolute atomic E-state index is 0.00514. The van der Waals surface area contributed by atoms with Crippen molar-refractivity contribution in [2.24, 2.45) is 5.92 Å². The Morgan fingerprint density at radius 3 is 2.45 bits per heavy atom. The maximum atomic E-state index is 12.6. The molecule has 1 N–H and O–H groups in total. The number of pyridine rings is 1. The molecule has 4 rings (SSSR count). The van der Waals surface area contributed by atoms with Crippen molar-refractivity contribution in [3.63, 3.8) is 0 Å². The lowest BCUT2D eigenvalue weighted by molar-refractivity contribution is 0.0934. The topological polar surface area (TPSA) is 48.5 Å². The number of benzene rings is 1. The first-order valence-corrected chi connectivity index (χ1v) is 13.5. The minimum Gasteiger partial charge on any atom is -0.352 e. The van der Waals surface area contributed by atoms with E-state index in [1.54, 1.807) is 18.0 Å². The number of aromatic nitrogens is 1. The highest BCUT2D eigenvalue weighted by atomic mass is 32.2. The van der Waals surface area contributed by atoms with Gasteiger partial charge in [-0.15, -0.1) is 11.8 Å². The highest BCUT2D eigenvalue weighted by Gasteiger charge is 2.20. The molecule has 0 bridgehead atoms. The normalized spacial score (nSPS) is 18.3. The Labute approximate surface area is 203 Å². The van der Waals surface area contributed by atoms with E-state index in [4.69, 9.17) is 0 Å². The number of thioether (sulfide) groups is 1. The Balaban J connectivity index is 1.13. The second kappa shape index (κ2) is 12.5. The van der Waals surface area contributed by atoms with Gasteiger partial charge in [-0.25, -0.2) is 4.98 Å². The van der Waals surface area contributed by atoms with E-state index in [0.29, 0.717) is 11.5 Å². The third-order valence-electron chi connectivity index (χ3n) is 6.89. The maximum absolute atomic E-state index is 12.6. The van der Waals surface area contributed by atoms with Crippen molar-refractivity contribution in [3.05, 3.63) is 59.3 Å². The van der Waals surface area contributed by atoms with Gasteiger partial charge in [-0.1, -0.05) is 36.2 Å². The fourth-order valence-corrected chi connectivity index (χ4v) is 5.55. The van der Waals surface area contributed by atoms with Crippen LogP contribution in [0.15, 0.2) is 47.6 Å². The molecule has 6 heteroatoms. The van der Waals surface area contributed by atoms with Crippen LogP contribution in [0.3, 0.4) is 0 Å². The molecule has 0 saturated carbocycles. The molecule has 1 amide bonds. The molecule has 2 saturated heterocycles. The Bertz CT molecular complexity index is 857. The molecule has 2 aliphatic rings. The summed E-state index contributed by atoms with van der Waals surface area (Å²) in [5.74, 6) is 1.61. The molecule has 0 aliphatic carbocycles. The average molecular weight is 467 g/mol. The van der Waals surface area contributed by atoms with Gasteiger partial charge in [-0.2, -0.15) is 0 Å². The number of rotatable bonds is 9. The van der Waals surface area contributed by atoms with Crippen LogP contribution in [0.2, 0.25) is 0 Å². The van der Waals surface area contributed by atoms with Gasteiger partial charge in [0.25, 0.3) is 5.91 Å². The summed E-state index contributed by atoms with van der Waals surface area (Å²) < 4.78 is 0. The van der Waals surface area contributed by atoms with Crippen LogP contribution in [0.1, 0.15) is 53.6 Å². The second-order valence-corrected chi connectivity index (χ2v) is 10.7. The van der Waals surface area contributed by atoms with Crippen LogP contribution in [-0.2, 0) is 6.54 Å². The Morgan fingerprint density at radius 1 is 1.00 bits per heavy atom. The molecule has 1 aromatic carbocycles. The van der Waals surface area contributed by atoms with Crippen LogP contribution in [-0.4, -0.2) is 65.7 Å². The van der Waals surface area contributed by atoms with Gasteiger partial charge >= 0.3 is 0 Å². The van der Waals surface area contributed by atoms with Gasteiger partial charge in [-0.05, 0) is 82.4 Å². The average Bonchev–Trinajstić information content (AvgIpc) is 2.86. The number of nitrogens with zero attached hydrogens (tertiary/aromatic N) is 3. The number of carbonyl (C=O) groups excluding carboxylic acids is 1. The Hall–Kier alpha value is -1.89. The fraction of sp³-hybridized carbons (Fsp3) is 0.556.